The van der Waals surface area contributed by atoms with Crippen LogP contribution in [-0.4, -0.2) is 34.6 Å². The average molecular weight is 381 g/mol. The molecule has 2 atom stereocenters. The molecule has 0 saturated carbocycles. The van der Waals surface area contributed by atoms with E-state index in [1.54, 1.807) is 12.1 Å². The van der Waals surface area contributed by atoms with E-state index in [0.717, 1.165) is 68.2 Å². The zero-order chi connectivity index (χ0) is 19.3. The van der Waals surface area contributed by atoms with Crippen LogP contribution in [0.5, 0.6) is 0 Å². The van der Waals surface area contributed by atoms with Crippen molar-refractivity contribution in [3.63, 3.8) is 0 Å². The standard InChI is InChI=1S/C24H29FN2O/c25-21-11-12-23-22(15-21)19(16-26-23)9-4-5-13-27-14-6-10-20(17-27)24(28)18-7-2-1-3-8-18/h1-3,7-8,11-12,15-16,20,24,26,28H,4-6,9-10,13-14,17H2. The van der Waals surface area contributed by atoms with E-state index in [9.17, 15) is 9.50 Å². The molecule has 1 aliphatic heterocycles. The van der Waals surface area contributed by atoms with Crippen LogP contribution in [0.15, 0.2) is 54.7 Å². The van der Waals surface area contributed by atoms with E-state index < -0.39 is 0 Å². The molecule has 3 nitrogen and oxygen atoms in total. The van der Waals surface area contributed by atoms with Gasteiger partial charge in [0.15, 0.2) is 0 Å². The van der Waals surface area contributed by atoms with Gasteiger partial charge < -0.3 is 15.0 Å². The summed E-state index contributed by atoms with van der Waals surface area (Å²) in [6.07, 6.45) is 7.06. The molecule has 2 N–H and O–H groups in total. The fourth-order valence-electron chi connectivity index (χ4n) is 4.48. The number of aromatic nitrogens is 1. The van der Waals surface area contributed by atoms with Gasteiger partial charge in [-0.25, -0.2) is 4.39 Å². The number of H-pyrrole nitrogens is 1. The highest BCUT2D eigenvalue weighted by molar-refractivity contribution is 5.83. The number of likely N-dealkylation sites (tertiary alicyclic amines) is 1. The van der Waals surface area contributed by atoms with Crippen LogP contribution in [0, 0.1) is 11.7 Å². The van der Waals surface area contributed by atoms with Crippen LogP contribution in [0.25, 0.3) is 10.9 Å². The van der Waals surface area contributed by atoms with Crippen molar-refractivity contribution < 1.29 is 9.50 Å². The molecule has 28 heavy (non-hydrogen) atoms. The lowest BCUT2D eigenvalue weighted by Gasteiger charge is -2.35. The van der Waals surface area contributed by atoms with Crippen molar-refractivity contribution in [1.29, 1.82) is 0 Å². The summed E-state index contributed by atoms with van der Waals surface area (Å²) in [5, 5.41) is 11.7. The second-order valence-electron chi connectivity index (χ2n) is 8.02. The fraction of sp³-hybridized carbons (Fsp3) is 0.417. The number of rotatable bonds is 7. The molecule has 148 valence electrons. The molecule has 0 amide bonds. The molecule has 3 aromatic rings. The first-order valence-electron chi connectivity index (χ1n) is 10.4. The maximum absolute atomic E-state index is 13.5. The number of fused-ring (bicyclic) bond motifs is 1. The molecular formula is C24H29FN2O. The number of aliphatic hydroxyl groups excluding tert-OH is 1. The van der Waals surface area contributed by atoms with E-state index in [0.29, 0.717) is 5.92 Å². The third-order valence-electron chi connectivity index (χ3n) is 6.03. The lowest BCUT2D eigenvalue weighted by Crippen LogP contribution is -2.38. The summed E-state index contributed by atoms with van der Waals surface area (Å²) in [6, 6.07) is 15.0. The SMILES string of the molecule is OC(c1ccccc1)C1CCCN(CCCCc2c[nH]c3ccc(F)cc23)C1. The van der Waals surface area contributed by atoms with Gasteiger partial charge in [0.05, 0.1) is 6.10 Å². The van der Waals surface area contributed by atoms with E-state index in [-0.39, 0.29) is 11.9 Å². The van der Waals surface area contributed by atoms with Gasteiger partial charge in [0.25, 0.3) is 0 Å². The number of nitrogens with zero attached hydrogens (tertiary/aromatic N) is 1. The molecule has 0 radical (unpaired) electrons. The smallest absolute Gasteiger partial charge is 0.123 e. The van der Waals surface area contributed by atoms with E-state index in [4.69, 9.17) is 0 Å². The van der Waals surface area contributed by atoms with Gasteiger partial charge >= 0.3 is 0 Å². The predicted octanol–water partition coefficient (Wildman–Crippen LogP) is 5.08. The van der Waals surface area contributed by atoms with Crippen LogP contribution in [-0.2, 0) is 6.42 Å². The summed E-state index contributed by atoms with van der Waals surface area (Å²) in [5.74, 6) is 0.137. The van der Waals surface area contributed by atoms with Gasteiger partial charge in [-0.15, -0.1) is 0 Å². The first-order chi connectivity index (χ1) is 13.7. The van der Waals surface area contributed by atoms with Gasteiger partial charge in [-0.05, 0) is 74.5 Å². The van der Waals surface area contributed by atoms with Gasteiger partial charge in [-0.3, -0.25) is 0 Å². The number of aryl methyl sites for hydroxylation is 1. The molecule has 1 aliphatic rings. The number of hydrogen-bond acceptors (Lipinski definition) is 2. The third-order valence-corrected chi connectivity index (χ3v) is 6.03. The van der Waals surface area contributed by atoms with Gasteiger partial charge in [-0.2, -0.15) is 0 Å². The van der Waals surface area contributed by atoms with Crippen molar-refractivity contribution in [3.8, 4) is 0 Å². The van der Waals surface area contributed by atoms with E-state index in [1.165, 1.54) is 11.6 Å². The quantitative estimate of drug-likeness (QED) is 0.562. The van der Waals surface area contributed by atoms with Crippen LogP contribution in [0.3, 0.4) is 0 Å². The Balaban J connectivity index is 1.26. The summed E-state index contributed by atoms with van der Waals surface area (Å²) in [4.78, 5) is 5.73. The van der Waals surface area contributed by atoms with Crippen LogP contribution in [0.2, 0.25) is 0 Å². The number of nitrogens with one attached hydrogen (secondary N) is 1. The van der Waals surface area contributed by atoms with Gasteiger partial charge in [0.1, 0.15) is 5.82 Å². The van der Waals surface area contributed by atoms with Crippen LogP contribution >= 0.6 is 0 Å². The zero-order valence-corrected chi connectivity index (χ0v) is 16.3. The topological polar surface area (TPSA) is 39.3 Å². The molecule has 1 aromatic heterocycles. The van der Waals surface area contributed by atoms with Gasteiger partial charge in [0.2, 0.25) is 0 Å². The fourth-order valence-corrected chi connectivity index (χ4v) is 4.48. The monoisotopic (exact) mass is 380 g/mol. The van der Waals surface area contributed by atoms with E-state index >= 15 is 0 Å². The maximum Gasteiger partial charge on any atom is 0.123 e. The molecule has 1 saturated heterocycles. The third kappa shape index (κ3) is 4.45. The first kappa shape index (κ1) is 19.2. The van der Waals surface area contributed by atoms with Crippen LogP contribution in [0.1, 0.15) is 42.9 Å². The largest absolute Gasteiger partial charge is 0.388 e. The van der Waals surface area contributed by atoms with Crippen molar-refractivity contribution in [2.45, 2.75) is 38.2 Å². The number of aromatic amines is 1. The summed E-state index contributed by atoms with van der Waals surface area (Å²) >= 11 is 0. The highest BCUT2D eigenvalue weighted by atomic mass is 19.1. The Morgan fingerprint density at radius 2 is 2.00 bits per heavy atom. The Morgan fingerprint density at radius 3 is 2.86 bits per heavy atom. The minimum absolute atomic E-state index is 0.176. The highest BCUT2D eigenvalue weighted by Gasteiger charge is 2.26. The molecule has 2 heterocycles. The van der Waals surface area contributed by atoms with Gasteiger partial charge in [0, 0.05) is 29.6 Å². The lowest BCUT2D eigenvalue weighted by molar-refractivity contribution is 0.0498. The minimum atomic E-state index is -0.370. The molecule has 4 rings (SSSR count). The zero-order valence-electron chi connectivity index (χ0n) is 16.3. The normalized spacial score (nSPS) is 19.1. The number of aliphatic hydroxyl groups is 1. The summed E-state index contributed by atoms with van der Waals surface area (Å²) in [7, 11) is 0. The predicted molar refractivity (Wildman–Crippen MR) is 112 cm³/mol. The Morgan fingerprint density at radius 1 is 1.14 bits per heavy atom. The molecular weight excluding hydrogens is 351 g/mol. The molecule has 0 bridgehead atoms. The molecule has 2 unspecified atom stereocenters. The summed E-state index contributed by atoms with van der Waals surface area (Å²) in [6.45, 7) is 3.15. The Labute approximate surface area is 166 Å². The Hall–Kier alpha value is -2.17. The molecule has 1 fully saturated rings. The van der Waals surface area contributed by atoms with E-state index in [2.05, 4.69) is 9.88 Å². The molecule has 2 aromatic carbocycles. The van der Waals surface area contributed by atoms with Crippen molar-refractivity contribution in [2.75, 3.05) is 19.6 Å². The first-order valence-corrected chi connectivity index (χ1v) is 10.4. The molecule has 0 aliphatic carbocycles. The number of unbranched alkanes of at least 4 members (excludes halogenated alkanes) is 1. The molecule has 4 heteroatoms. The van der Waals surface area contributed by atoms with Crippen LogP contribution in [0.4, 0.5) is 4.39 Å². The van der Waals surface area contributed by atoms with Crippen molar-refractivity contribution in [3.05, 3.63) is 71.7 Å². The number of piperidine rings is 1. The average Bonchev–Trinajstić information content (AvgIpc) is 3.13. The highest BCUT2D eigenvalue weighted by Crippen LogP contribution is 2.30. The summed E-state index contributed by atoms with van der Waals surface area (Å²) < 4.78 is 13.5. The Bertz CT molecular complexity index is 892. The van der Waals surface area contributed by atoms with Gasteiger partial charge in [-0.1, -0.05) is 30.3 Å². The number of hydrogen-bond donors (Lipinski definition) is 2. The Kier molecular flexibility index (Phi) is 6.08. The lowest BCUT2D eigenvalue weighted by atomic mass is 9.88. The second-order valence-corrected chi connectivity index (χ2v) is 8.02. The van der Waals surface area contributed by atoms with Crippen molar-refractivity contribution in [2.24, 2.45) is 5.92 Å². The number of benzene rings is 2. The van der Waals surface area contributed by atoms with E-state index in [1.807, 2.05) is 36.5 Å². The molecule has 0 spiro atoms. The minimum Gasteiger partial charge on any atom is -0.388 e. The van der Waals surface area contributed by atoms with Crippen molar-refractivity contribution >= 4 is 10.9 Å². The van der Waals surface area contributed by atoms with Crippen molar-refractivity contribution in [1.82, 2.24) is 9.88 Å². The number of halogens is 1. The second kappa shape index (κ2) is 8.89. The summed E-state index contributed by atoms with van der Waals surface area (Å²) in [5.41, 5.74) is 3.23. The van der Waals surface area contributed by atoms with Crippen LogP contribution < -0.4 is 0 Å². The maximum atomic E-state index is 13.5.